The van der Waals surface area contributed by atoms with E-state index in [-0.39, 0.29) is 39.5 Å². The highest BCUT2D eigenvalue weighted by Crippen LogP contribution is 2.37. The Labute approximate surface area is 267 Å². The molecule has 1 fully saturated rings. The van der Waals surface area contributed by atoms with Gasteiger partial charge in [-0.05, 0) is 48.9 Å². The highest BCUT2D eigenvalue weighted by atomic mass is 16.7. The number of para-hydroxylation sites is 2. The van der Waals surface area contributed by atoms with Crippen molar-refractivity contribution in [1.82, 2.24) is 0 Å². The van der Waals surface area contributed by atoms with E-state index in [1.54, 1.807) is 36.4 Å². The molecule has 6 rings (SSSR count). The average Bonchev–Trinajstić information content (AvgIpc) is 3.07. The van der Waals surface area contributed by atoms with Gasteiger partial charge in [-0.3, -0.25) is 9.59 Å². The molecule has 4 aromatic carbocycles. The summed E-state index contributed by atoms with van der Waals surface area (Å²) in [5.74, 6) is -0.899. The molecule has 0 radical (unpaired) electrons. The van der Waals surface area contributed by atoms with Crippen LogP contribution in [-0.4, -0.2) is 62.1 Å². The van der Waals surface area contributed by atoms with E-state index in [9.17, 15) is 35.1 Å². The van der Waals surface area contributed by atoms with E-state index >= 15 is 0 Å². The van der Waals surface area contributed by atoms with Crippen LogP contribution >= 0.6 is 0 Å². The zero-order valence-corrected chi connectivity index (χ0v) is 24.9. The summed E-state index contributed by atoms with van der Waals surface area (Å²) < 4.78 is 23.2. The van der Waals surface area contributed by atoms with Crippen LogP contribution in [0.4, 0.5) is 5.69 Å². The topological polar surface area (TPSA) is 188 Å². The van der Waals surface area contributed by atoms with Crippen molar-refractivity contribution in [3.05, 3.63) is 112 Å². The summed E-state index contributed by atoms with van der Waals surface area (Å²) >= 11 is 0. The lowest BCUT2D eigenvalue weighted by molar-refractivity contribution is -0.265. The number of carbonyl (C=O) groups excluding carboxylic acids is 1. The van der Waals surface area contributed by atoms with E-state index in [1.807, 2.05) is 30.3 Å². The number of rotatable bonds is 8. The van der Waals surface area contributed by atoms with Crippen molar-refractivity contribution in [1.29, 1.82) is 0 Å². The Bertz CT molecular complexity index is 1960. The van der Waals surface area contributed by atoms with Crippen molar-refractivity contribution in [2.45, 2.75) is 44.2 Å². The molecule has 5 unspecified atom stereocenters. The number of anilines is 1. The normalized spacial score (nSPS) is 20.9. The number of benzene rings is 4. The Hall–Kier alpha value is -5.40. The largest absolute Gasteiger partial charge is 0.507 e. The maximum Gasteiger partial charge on any atom is 0.256 e. The summed E-state index contributed by atoms with van der Waals surface area (Å²) in [7, 11) is 0. The Morgan fingerprint density at radius 1 is 0.872 bits per heavy atom. The van der Waals surface area contributed by atoms with Gasteiger partial charge in [-0.2, -0.15) is 0 Å². The van der Waals surface area contributed by atoms with Crippen LogP contribution in [0, 0.1) is 6.92 Å². The lowest BCUT2D eigenvalue weighted by Gasteiger charge is -2.39. The van der Waals surface area contributed by atoms with E-state index < -0.39 is 47.8 Å². The van der Waals surface area contributed by atoms with Crippen LogP contribution < -0.4 is 20.2 Å². The number of fused-ring (bicyclic) bond motifs is 1. The summed E-state index contributed by atoms with van der Waals surface area (Å²) in [6.07, 6.45) is -8.97. The first-order valence-electron chi connectivity index (χ1n) is 14.6. The van der Waals surface area contributed by atoms with Crippen molar-refractivity contribution in [3.63, 3.8) is 0 Å². The monoisotopic (exact) mass is 641 g/mol. The van der Waals surface area contributed by atoms with E-state index in [0.29, 0.717) is 17.9 Å². The first-order valence-corrected chi connectivity index (χ1v) is 14.6. The number of hydrogen-bond acceptors (Lipinski definition) is 11. The predicted molar refractivity (Wildman–Crippen MR) is 169 cm³/mol. The minimum absolute atomic E-state index is 0.0295. The molecule has 5 aromatic rings. The van der Waals surface area contributed by atoms with Gasteiger partial charge in [0.25, 0.3) is 5.91 Å². The van der Waals surface area contributed by atoms with Gasteiger partial charge in [-0.25, -0.2) is 0 Å². The van der Waals surface area contributed by atoms with Crippen LogP contribution in [0.2, 0.25) is 0 Å². The Balaban J connectivity index is 1.25. The fourth-order valence-corrected chi connectivity index (χ4v) is 5.17. The van der Waals surface area contributed by atoms with Gasteiger partial charge >= 0.3 is 0 Å². The lowest BCUT2D eigenvalue weighted by atomic mass is 9.98. The van der Waals surface area contributed by atoms with Gasteiger partial charge in [0.15, 0.2) is 11.5 Å². The zero-order chi connectivity index (χ0) is 33.2. The van der Waals surface area contributed by atoms with Crippen LogP contribution in [-0.2, 0) is 16.1 Å². The Kier molecular flexibility index (Phi) is 8.83. The smallest absolute Gasteiger partial charge is 0.256 e. The average molecular weight is 642 g/mol. The van der Waals surface area contributed by atoms with Gasteiger partial charge in [-0.1, -0.05) is 42.5 Å². The maximum atomic E-state index is 13.1. The number of ether oxygens (including phenoxy) is 3. The fraction of sp³-hybridized carbons (Fsp3) is 0.200. The second-order valence-electron chi connectivity index (χ2n) is 11.0. The molecule has 1 amide bonds. The van der Waals surface area contributed by atoms with Crippen LogP contribution in [0.15, 0.2) is 100 Å². The molecule has 1 aliphatic heterocycles. The second kappa shape index (κ2) is 13.1. The van der Waals surface area contributed by atoms with Gasteiger partial charge in [0.2, 0.25) is 6.29 Å². The summed E-state index contributed by atoms with van der Waals surface area (Å²) in [6, 6.07) is 25.0. The predicted octanol–water partition coefficient (Wildman–Crippen LogP) is 3.58. The molecule has 0 spiro atoms. The maximum absolute atomic E-state index is 13.1. The molecule has 12 heteroatoms. The number of hydrogen-bond donors (Lipinski definition) is 6. The second-order valence-corrected chi connectivity index (χ2v) is 11.0. The molecule has 47 heavy (non-hydrogen) atoms. The Morgan fingerprint density at radius 3 is 2.30 bits per heavy atom. The molecule has 2 heterocycles. The van der Waals surface area contributed by atoms with Crippen molar-refractivity contribution in [2.75, 3.05) is 5.32 Å². The third-order valence-corrected chi connectivity index (χ3v) is 7.82. The summed E-state index contributed by atoms with van der Waals surface area (Å²) in [5.41, 5.74) is 1.11. The number of aliphatic hydroxyl groups is 3. The molecule has 5 atom stereocenters. The highest BCUT2D eigenvalue weighted by molar-refractivity contribution is 5.96. The molecule has 0 bridgehead atoms. The first kappa shape index (κ1) is 31.6. The summed E-state index contributed by atoms with van der Waals surface area (Å²) in [4.78, 5) is 26.1. The molecule has 242 valence electrons. The zero-order valence-electron chi connectivity index (χ0n) is 24.9. The quantitative estimate of drug-likeness (QED) is 0.136. The summed E-state index contributed by atoms with van der Waals surface area (Å²) in [6.45, 7) is 1.83. The van der Waals surface area contributed by atoms with Crippen molar-refractivity contribution < 1.29 is 49.0 Å². The summed E-state index contributed by atoms with van der Waals surface area (Å²) in [5, 5.41) is 54.9. The van der Waals surface area contributed by atoms with Crippen molar-refractivity contribution >= 4 is 22.6 Å². The molecule has 1 aromatic heterocycles. The molecule has 6 N–H and O–H groups in total. The van der Waals surface area contributed by atoms with Gasteiger partial charge in [-0.15, -0.1) is 0 Å². The number of amides is 1. The van der Waals surface area contributed by atoms with Gasteiger partial charge < -0.3 is 49.5 Å². The van der Waals surface area contributed by atoms with Gasteiger partial charge in [0.1, 0.15) is 64.6 Å². The Morgan fingerprint density at radius 2 is 1.57 bits per heavy atom. The molecular weight excluding hydrogens is 610 g/mol. The molecule has 0 aliphatic carbocycles. The molecule has 1 saturated heterocycles. The highest BCUT2D eigenvalue weighted by Gasteiger charge is 2.48. The van der Waals surface area contributed by atoms with Gasteiger partial charge in [0, 0.05) is 23.3 Å². The number of nitrogens with one attached hydrogen (secondary N) is 1. The fourth-order valence-electron chi connectivity index (χ4n) is 5.17. The molecule has 1 aliphatic rings. The minimum Gasteiger partial charge on any atom is -0.507 e. The lowest BCUT2D eigenvalue weighted by Crippen LogP contribution is -2.62. The SMILES string of the molecule is Cc1c(OC2OC(C(=O)Nc3ccccc3O)C(O)C(O)C2O)cc2oc(-c3ccc(OCc4ccccc4)cc3)cc(=O)c2c1O. The number of phenols is 2. The number of aliphatic hydroxyl groups excluding tert-OH is 3. The van der Waals surface area contributed by atoms with Crippen LogP contribution in [0.1, 0.15) is 11.1 Å². The van der Waals surface area contributed by atoms with E-state index in [2.05, 4.69) is 5.32 Å². The van der Waals surface area contributed by atoms with Crippen LogP contribution in [0.3, 0.4) is 0 Å². The standard InChI is InChI=1S/C35H31NO11/c1-18-25(46-35-32(42)30(40)31(41)33(47-35)34(43)36-22-9-5-6-10-23(22)37)16-27-28(29(18)39)24(38)15-26(45-27)20-11-13-21(14-12-20)44-17-19-7-3-2-4-8-19/h2-16,30-33,35,37,39-42H,17H2,1H3,(H,36,43). The number of phenolic OH excluding ortho intramolecular Hbond substituents is 2. The van der Waals surface area contributed by atoms with E-state index in [0.717, 1.165) is 5.56 Å². The van der Waals surface area contributed by atoms with E-state index in [4.69, 9.17) is 18.6 Å². The van der Waals surface area contributed by atoms with E-state index in [1.165, 1.54) is 31.2 Å². The minimum atomic E-state index is -1.87. The molecule has 0 saturated carbocycles. The van der Waals surface area contributed by atoms with Crippen LogP contribution in [0.5, 0.6) is 23.0 Å². The number of aromatic hydroxyl groups is 2. The molecule has 12 nitrogen and oxygen atoms in total. The van der Waals surface area contributed by atoms with Gasteiger partial charge in [0.05, 0.1) is 5.69 Å². The first-order chi connectivity index (χ1) is 22.6. The van der Waals surface area contributed by atoms with Crippen molar-refractivity contribution in [3.8, 4) is 34.3 Å². The third kappa shape index (κ3) is 6.48. The van der Waals surface area contributed by atoms with Crippen LogP contribution in [0.25, 0.3) is 22.3 Å². The van der Waals surface area contributed by atoms with Crippen molar-refractivity contribution in [2.24, 2.45) is 0 Å². The number of carbonyl (C=O) groups is 1. The molecular formula is C35H31NO11. The third-order valence-electron chi connectivity index (χ3n) is 7.82.